The number of hydrogen-bond donors (Lipinski definition) is 2. The molecule has 0 radical (unpaired) electrons. The van der Waals surface area contributed by atoms with E-state index in [1.165, 1.54) is 17.5 Å². The summed E-state index contributed by atoms with van der Waals surface area (Å²) in [5.74, 6) is -4.30. The van der Waals surface area contributed by atoms with Crippen molar-refractivity contribution in [2.75, 3.05) is 6.54 Å². The van der Waals surface area contributed by atoms with Crippen molar-refractivity contribution in [3.63, 3.8) is 0 Å². The maximum absolute atomic E-state index is 15.7. The average Bonchev–Trinajstić information content (AvgIpc) is 3.74. The molecule has 0 unspecified atom stereocenters. The maximum atomic E-state index is 15.7. The molecule has 1 fully saturated rings. The summed E-state index contributed by atoms with van der Waals surface area (Å²) in [5, 5.41) is 17.8. The normalized spacial score (nSPS) is 18.7. The van der Waals surface area contributed by atoms with E-state index >= 15 is 8.78 Å². The number of fused-ring (bicyclic) bond motifs is 4. The van der Waals surface area contributed by atoms with Crippen molar-refractivity contribution in [2.24, 2.45) is 0 Å². The van der Waals surface area contributed by atoms with Gasteiger partial charge in [-0.1, -0.05) is 67.1 Å². The van der Waals surface area contributed by atoms with E-state index in [9.17, 15) is 14.7 Å². The van der Waals surface area contributed by atoms with E-state index in [0.717, 1.165) is 37.6 Å². The number of aryl methyl sites for hydroxylation is 1. The zero-order valence-electron chi connectivity index (χ0n) is 24.8. The van der Waals surface area contributed by atoms with E-state index in [1.807, 2.05) is 55.5 Å². The Morgan fingerprint density at radius 2 is 1.78 bits per heavy atom. The lowest BCUT2D eigenvalue weighted by atomic mass is 9.84. The molecular formula is C34H30ClF2N5O3S. The van der Waals surface area contributed by atoms with Gasteiger partial charge < -0.3 is 15.3 Å². The molecule has 0 aliphatic heterocycles. The quantitative estimate of drug-likeness (QED) is 0.186. The van der Waals surface area contributed by atoms with Crippen molar-refractivity contribution in [2.45, 2.75) is 56.5 Å². The van der Waals surface area contributed by atoms with E-state index in [1.54, 1.807) is 23.0 Å². The van der Waals surface area contributed by atoms with Crippen LogP contribution in [0.15, 0.2) is 73.2 Å². The van der Waals surface area contributed by atoms with Crippen LogP contribution in [0, 0.1) is 0 Å². The monoisotopic (exact) mass is 661 g/mol. The van der Waals surface area contributed by atoms with Gasteiger partial charge in [-0.3, -0.25) is 4.79 Å². The molecule has 236 valence electrons. The lowest BCUT2D eigenvalue weighted by molar-refractivity contribution is -0.0880. The van der Waals surface area contributed by atoms with Crippen molar-refractivity contribution in [3.8, 4) is 22.3 Å². The topological polar surface area (TPSA) is 99.8 Å². The van der Waals surface area contributed by atoms with Crippen LogP contribution in [-0.4, -0.2) is 61.2 Å². The number of benzene rings is 2. The molecule has 2 atom stereocenters. The summed E-state index contributed by atoms with van der Waals surface area (Å²) >= 11 is 7.28. The molecule has 2 amide bonds. The number of aromatic nitrogens is 3. The van der Waals surface area contributed by atoms with Gasteiger partial charge in [0.25, 0.3) is 11.8 Å². The van der Waals surface area contributed by atoms with Gasteiger partial charge in [-0.05, 0) is 47.6 Å². The Bertz CT molecular complexity index is 1930. The molecule has 0 bridgehead atoms. The molecule has 2 aromatic carbocycles. The molecule has 3 aromatic heterocycles. The van der Waals surface area contributed by atoms with Gasteiger partial charge in [0.2, 0.25) is 0 Å². The Hall–Kier alpha value is -4.35. The second-order valence-corrected chi connectivity index (χ2v) is 13.3. The minimum absolute atomic E-state index is 0.00857. The fourth-order valence-electron chi connectivity index (χ4n) is 6.98. The molecule has 1 saturated carbocycles. The summed E-state index contributed by atoms with van der Waals surface area (Å²) in [6.45, 7) is 1.94. The molecule has 2 N–H and O–H groups in total. The molecule has 2 aliphatic rings. The van der Waals surface area contributed by atoms with Crippen LogP contribution >= 0.6 is 22.9 Å². The highest BCUT2D eigenvalue weighted by Crippen LogP contribution is 2.46. The molecule has 2 aliphatic carbocycles. The van der Waals surface area contributed by atoms with Crippen LogP contribution in [0.3, 0.4) is 0 Å². The van der Waals surface area contributed by atoms with E-state index in [2.05, 4.69) is 15.4 Å². The van der Waals surface area contributed by atoms with Crippen LogP contribution < -0.4 is 5.32 Å². The molecule has 0 spiro atoms. The first-order valence-electron chi connectivity index (χ1n) is 15.1. The zero-order valence-corrected chi connectivity index (χ0v) is 26.4. The smallest absolute Gasteiger partial charge is 0.407 e. The number of carbonyl (C=O) groups is 2. The third kappa shape index (κ3) is 5.21. The van der Waals surface area contributed by atoms with Gasteiger partial charge >= 0.3 is 6.09 Å². The van der Waals surface area contributed by atoms with Crippen LogP contribution in [0.2, 0.25) is 5.02 Å². The molecule has 46 heavy (non-hydrogen) atoms. The number of amides is 2. The van der Waals surface area contributed by atoms with Crippen molar-refractivity contribution in [1.82, 2.24) is 24.8 Å². The number of nitrogens with one attached hydrogen (secondary N) is 1. The molecule has 3 heterocycles. The summed E-state index contributed by atoms with van der Waals surface area (Å²) in [7, 11) is 0. The summed E-state index contributed by atoms with van der Waals surface area (Å²) in [6.07, 6.45) is 3.97. The standard InChI is InChI=1S/C34H30ClF2N5O3S/c1-2-28-24(25-16-39-42-17-19(35)15-38-31(25)42)14-29(46-28)32(43)40-30-27(12-7-13-34(30,36)37)41(33(44)45)18-26-22-10-5-3-8-20(22)21-9-4-6-11-23(21)26/h3-6,8-11,14-17,26-27,30H,2,7,12-13,18H2,1H3,(H,40,43)(H,44,45)/t27-,30+/m0/s1. The lowest BCUT2D eigenvalue weighted by Gasteiger charge is -2.43. The van der Waals surface area contributed by atoms with Crippen molar-refractivity contribution in [1.29, 1.82) is 0 Å². The third-order valence-corrected chi connectivity index (χ3v) is 10.6. The van der Waals surface area contributed by atoms with Gasteiger partial charge in [0.15, 0.2) is 5.65 Å². The van der Waals surface area contributed by atoms with Crippen molar-refractivity contribution in [3.05, 3.63) is 99.1 Å². The average molecular weight is 662 g/mol. The van der Waals surface area contributed by atoms with E-state index in [4.69, 9.17) is 11.6 Å². The van der Waals surface area contributed by atoms with Crippen LogP contribution in [0.1, 0.15) is 57.8 Å². The number of nitrogens with zero attached hydrogens (tertiary/aromatic N) is 4. The highest BCUT2D eigenvalue weighted by molar-refractivity contribution is 7.14. The largest absolute Gasteiger partial charge is 0.465 e. The second kappa shape index (κ2) is 11.8. The van der Waals surface area contributed by atoms with Gasteiger partial charge in [-0.15, -0.1) is 11.3 Å². The Kier molecular flexibility index (Phi) is 7.76. The minimum atomic E-state index is -3.31. The number of hydrogen-bond acceptors (Lipinski definition) is 5. The Balaban J connectivity index is 1.20. The van der Waals surface area contributed by atoms with Crippen LogP contribution in [0.25, 0.3) is 27.9 Å². The SMILES string of the molecule is CCc1sc(C(=O)N[C@@H]2[C@@H](N(CC3c4ccccc4-c4ccccc43)C(=O)O)CCCC2(F)F)cc1-c1cnn2cc(Cl)cnc12. The molecule has 5 aromatic rings. The number of halogens is 3. The van der Waals surface area contributed by atoms with Crippen LogP contribution in [0.4, 0.5) is 13.6 Å². The van der Waals surface area contributed by atoms with Crippen molar-refractivity contribution >= 4 is 40.6 Å². The molecule has 0 saturated heterocycles. The minimum Gasteiger partial charge on any atom is -0.465 e. The lowest BCUT2D eigenvalue weighted by Crippen LogP contribution is -2.63. The van der Waals surface area contributed by atoms with E-state index < -0.39 is 36.4 Å². The first-order valence-corrected chi connectivity index (χ1v) is 16.3. The van der Waals surface area contributed by atoms with E-state index in [0.29, 0.717) is 22.7 Å². The number of carboxylic acid groups (broad SMARTS) is 1. The molecular weight excluding hydrogens is 632 g/mol. The Morgan fingerprint density at radius 3 is 2.46 bits per heavy atom. The van der Waals surface area contributed by atoms with Crippen LogP contribution in [-0.2, 0) is 6.42 Å². The van der Waals surface area contributed by atoms with Gasteiger partial charge in [0.1, 0.15) is 6.04 Å². The highest BCUT2D eigenvalue weighted by atomic mass is 35.5. The van der Waals surface area contributed by atoms with Gasteiger partial charge in [-0.2, -0.15) is 5.10 Å². The van der Waals surface area contributed by atoms with Crippen molar-refractivity contribution < 1.29 is 23.5 Å². The summed E-state index contributed by atoms with van der Waals surface area (Å²) in [6, 6.07) is 14.4. The number of rotatable bonds is 7. The van der Waals surface area contributed by atoms with Gasteiger partial charge in [0, 0.05) is 41.1 Å². The number of thiophene rings is 1. The predicted octanol–water partition coefficient (Wildman–Crippen LogP) is 7.75. The first-order chi connectivity index (χ1) is 22.2. The fraction of sp³-hybridized carbons (Fsp3) is 0.294. The summed E-state index contributed by atoms with van der Waals surface area (Å²) in [4.78, 5) is 33.2. The molecule has 7 rings (SSSR count). The second-order valence-electron chi connectivity index (χ2n) is 11.7. The highest BCUT2D eigenvalue weighted by Gasteiger charge is 2.51. The van der Waals surface area contributed by atoms with E-state index in [-0.39, 0.29) is 30.2 Å². The Morgan fingerprint density at radius 1 is 1.09 bits per heavy atom. The molecule has 12 heteroatoms. The summed E-state index contributed by atoms with van der Waals surface area (Å²) in [5.41, 5.74) is 5.92. The maximum Gasteiger partial charge on any atom is 0.407 e. The van der Waals surface area contributed by atoms with Crippen LogP contribution in [0.5, 0.6) is 0 Å². The predicted molar refractivity (Wildman–Crippen MR) is 173 cm³/mol. The number of alkyl halides is 2. The molecule has 8 nitrogen and oxygen atoms in total. The fourth-order valence-corrected chi connectivity index (χ4v) is 8.14. The van der Waals surface area contributed by atoms with Gasteiger partial charge in [0.05, 0.1) is 28.3 Å². The summed E-state index contributed by atoms with van der Waals surface area (Å²) < 4.78 is 33.0. The Labute approximate surface area is 272 Å². The first kappa shape index (κ1) is 30.3. The number of carbonyl (C=O) groups excluding carboxylic acids is 1. The van der Waals surface area contributed by atoms with Gasteiger partial charge in [-0.25, -0.2) is 23.1 Å². The zero-order chi connectivity index (χ0) is 32.2. The third-order valence-electron chi connectivity index (χ3n) is 9.09.